The number of nitrogens with zero attached hydrogens (tertiary/aromatic N) is 1. The first-order valence-corrected chi connectivity index (χ1v) is 4.52. The minimum Gasteiger partial charge on any atom is -0.258 e. The van der Waals surface area contributed by atoms with Crippen molar-refractivity contribution in [3.63, 3.8) is 0 Å². The molecule has 0 aliphatic heterocycles. The van der Waals surface area contributed by atoms with Gasteiger partial charge in [0.1, 0.15) is 0 Å². The van der Waals surface area contributed by atoms with E-state index < -0.39 is 16.4 Å². The van der Waals surface area contributed by atoms with E-state index in [9.17, 15) is 14.5 Å². The van der Waals surface area contributed by atoms with Crippen LogP contribution in [0.4, 0.5) is 10.1 Å². The maximum atomic E-state index is 12.7. The summed E-state index contributed by atoms with van der Waals surface area (Å²) in [6, 6.07) is 3.48. The maximum absolute atomic E-state index is 12.7. The van der Waals surface area contributed by atoms with Crippen molar-refractivity contribution in [2.45, 2.75) is 4.90 Å². The number of nitro groups is 1. The van der Waals surface area contributed by atoms with E-state index in [4.69, 9.17) is 10.7 Å². The van der Waals surface area contributed by atoms with Gasteiger partial charge in [-0.3, -0.25) is 10.1 Å². The second-order valence-corrected chi connectivity index (χ2v) is 3.04. The van der Waals surface area contributed by atoms with Crippen LogP contribution in [0.2, 0.25) is 0 Å². The van der Waals surface area contributed by atoms with Crippen molar-refractivity contribution in [3.8, 4) is 0 Å². The second-order valence-electron chi connectivity index (χ2n) is 1.95. The first kappa shape index (κ1) is 9.28. The van der Waals surface area contributed by atoms with Gasteiger partial charge in [0.05, 0.1) is 4.92 Å². The third-order valence-corrected chi connectivity index (χ3v) is 2.17. The monoisotopic (exact) mass is 207 g/mol. The lowest BCUT2D eigenvalue weighted by molar-refractivity contribution is -0.387. The van der Waals surface area contributed by atoms with Gasteiger partial charge >= 0.3 is 5.69 Å². The Morgan fingerprint density at radius 2 is 2.25 bits per heavy atom. The average Bonchev–Trinajstić information content (AvgIpc) is 2.05. The number of hydrogen-bond acceptors (Lipinski definition) is 3. The van der Waals surface area contributed by atoms with Crippen LogP contribution in [0.25, 0.3) is 0 Å². The Morgan fingerprint density at radius 1 is 1.58 bits per heavy atom. The predicted molar refractivity (Wildman–Crippen MR) is 44.8 cm³/mol. The van der Waals surface area contributed by atoms with Gasteiger partial charge in [0.15, 0.2) is 0 Å². The lowest BCUT2D eigenvalue weighted by Gasteiger charge is -1.95. The lowest BCUT2D eigenvalue weighted by atomic mass is 10.3. The van der Waals surface area contributed by atoms with Crippen LogP contribution < -0.4 is 0 Å². The van der Waals surface area contributed by atoms with E-state index in [1.165, 1.54) is 6.07 Å². The van der Waals surface area contributed by atoms with Crippen LogP contribution in [0.1, 0.15) is 0 Å². The zero-order valence-electron chi connectivity index (χ0n) is 5.66. The van der Waals surface area contributed by atoms with Crippen LogP contribution in [0.5, 0.6) is 0 Å². The van der Waals surface area contributed by atoms with Crippen molar-refractivity contribution >= 4 is 27.3 Å². The quantitative estimate of drug-likeness (QED) is 0.553. The van der Waals surface area contributed by atoms with Crippen molar-refractivity contribution in [2.75, 3.05) is 0 Å². The fraction of sp³-hybridized carbons (Fsp3) is 0. The van der Waals surface area contributed by atoms with Gasteiger partial charge in [-0.1, -0.05) is 0 Å². The molecule has 0 heterocycles. The highest BCUT2D eigenvalue weighted by Crippen LogP contribution is 2.27. The number of halogens is 2. The number of hydrogen-bond donors (Lipinski definition) is 0. The summed E-state index contributed by atoms with van der Waals surface area (Å²) in [6.07, 6.45) is 0. The van der Waals surface area contributed by atoms with E-state index in [1.54, 1.807) is 0 Å². The smallest absolute Gasteiger partial charge is 0.258 e. The molecule has 0 fully saturated rings. The fourth-order valence-corrected chi connectivity index (χ4v) is 1.24. The van der Waals surface area contributed by atoms with Gasteiger partial charge < -0.3 is 0 Å². The molecule has 0 aliphatic carbocycles. The predicted octanol–water partition coefficient (Wildman–Crippen LogP) is 2.98. The third-order valence-electron chi connectivity index (χ3n) is 1.20. The molecule has 6 heteroatoms. The summed E-state index contributed by atoms with van der Waals surface area (Å²) < 4.78 is 12.7. The van der Waals surface area contributed by atoms with Crippen molar-refractivity contribution in [3.05, 3.63) is 34.1 Å². The third kappa shape index (κ3) is 1.86. The van der Waals surface area contributed by atoms with Crippen molar-refractivity contribution < 1.29 is 9.31 Å². The van der Waals surface area contributed by atoms with Crippen LogP contribution in [-0.2, 0) is 0 Å². The van der Waals surface area contributed by atoms with E-state index in [-0.39, 0.29) is 0 Å². The first-order valence-electron chi connectivity index (χ1n) is 2.87. The summed E-state index contributed by atoms with van der Waals surface area (Å²) in [5.41, 5.74) is -0.555. The van der Waals surface area contributed by atoms with Crippen LogP contribution in [-0.4, -0.2) is 4.92 Å². The minimum atomic E-state index is -0.852. The summed E-state index contributed by atoms with van der Waals surface area (Å²) in [5.74, 6) is -0.852. The Bertz CT molecular complexity index is 320. The number of rotatable bonds is 2. The summed E-state index contributed by atoms with van der Waals surface area (Å²) >= 11 is 0. The highest BCUT2D eigenvalue weighted by Gasteiger charge is 2.13. The van der Waals surface area contributed by atoms with E-state index in [2.05, 4.69) is 0 Å². The summed E-state index contributed by atoms with van der Waals surface area (Å²) in [6.45, 7) is 0. The Morgan fingerprint density at radius 3 is 2.75 bits per heavy atom. The van der Waals surface area contributed by atoms with Gasteiger partial charge in [-0.2, -0.15) is 4.39 Å². The first-order chi connectivity index (χ1) is 5.65. The van der Waals surface area contributed by atoms with Gasteiger partial charge in [0, 0.05) is 11.0 Å². The molecular formula is C6H3ClFNO2S. The van der Waals surface area contributed by atoms with Crippen molar-refractivity contribution in [1.82, 2.24) is 0 Å². The Hall–Kier alpha value is -0.810. The SMILES string of the molecule is O=[N+]([O-])c1cc(SCl)ccc1F. The second kappa shape index (κ2) is 3.73. The molecule has 0 aliphatic rings. The zero-order chi connectivity index (χ0) is 9.14. The molecule has 0 atom stereocenters. The van der Waals surface area contributed by atoms with Crippen molar-refractivity contribution in [2.24, 2.45) is 0 Å². The molecule has 0 aromatic heterocycles. The Balaban J connectivity index is 3.17. The molecule has 0 spiro atoms. The Kier molecular flexibility index (Phi) is 2.88. The summed E-state index contributed by atoms with van der Waals surface area (Å²) in [4.78, 5) is 9.87. The maximum Gasteiger partial charge on any atom is 0.305 e. The average molecular weight is 208 g/mol. The molecule has 0 saturated carbocycles. The number of nitro benzene ring substituents is 1. The molecule has 12 heavy (non-hydrogen) atoms. The molecule has 0 radical (unpaired) electrons. The highest BCUT2D eigenvalue weighted by atomic mass is 35.7. The van der Waals surface area contributed by atoms with E-state index in [0.717, 1.165) is 23.1 Å². The zero-order valence-corrected chi connectivity index (χ0v) is 7.23. The minimum absolute atomic E-state index is 0.449. The topological polar surface area (TPSA) is 43.1 Å². The van der Waals surface area contributed by atoms with Gasteiger partial charge in [-0.05, 0) is 33.8 Å². The fourth-order valence-electron chi connectivity index (χ4n) is 0.680. The molecule has 0 bridgehead atoms. The summed E-state index contributed by atoms with van der Waals surface area (Å²) in [7, 11) is 6.14. The largest absolute Gasteiger partial charge is 0.305 e. The molecule has 1 rings (SSSR count). The number of benzene rings is 1. The molecule has 3 nitrogen and oxygen atoms in total. The van der Waals surface area contributed by atoms with Crippen LogP contribution >= 0.6 is 21.7 Å². The Labute approximate surface area is 76.2 Å². The van der Waals surface area contributed by atoms with E-state index in [1.807, 2.05) is 0 Å². The van der Waals surface area contributed by atoms with E-state index >= 15 is 0 Å². The standard InChI is InChI=1S/C6H3ClFNO2S/c7-12-4-1-2-5(8)6(3-4)9(10)11/h1-3H. The van der Waals surface area contributed by atoms with Crippen LogP contribution in [0, 0.1) is 15.9 Å². The van der Waals surface area contributed by atoms with Gasteiger partial charge in [-0.15, -0.1) is 0 Å². The lowest BCUT2D eigenvalue weighted by Crippen LogP contribution is -1.91. The highest BCUT2D eigenvalue weighted by molar-refractivity contribution is 8.21. The van der Waals surface area contributed by atoms with Gasteiger partial charge in [0.25, 0.3) is 0 Å². The van der Waals surface area contributed by atoms with Gasteiger partial charge in [-0.25, -0.2) is 0 Å². The molecule has 0 unspecified atom stereocenters. The summed E-state index contributed by atoms with van der Waals surface area (Å²) in [5, 5.41) is 10.2. The van der Waals surface area contributed by atoms with E-state index in [0.29, 0.717) is 4.90 Å². The molecule has 0 amide bonds. The van der Waals surface area contributed by atoms with Gasteiger partial charge in [0.2, 0.25) is 5.82 Å². The molecule has 1 aromatic carbocycles. The molecule has 0 N–H and O–H groups in total. The van der Waals surface area contributed by atoms with Crippen LogP contribution in [0.15, 0.2) is 23.1 Å². The van der Waals surface area contributed by atoms with Crippen LogP contribution in [0.3, 0.4) is 0 Å². The normalized spacial score (nSPS) is 9.83. The molecule has 0 saturated heterocycles. The van der Waals surface area contributed by atoms with Crippen molar-refractivity contribution in [1.29, 1.82) is 0 Å². The molecule has 64 valence electrons. The molecular weight excluding hydrogens is 205 g/mol. The molecule has 1 aromatic rings.